The second-order valence-electron chi connectivity index (χ2n) is 6.35. The maximum Gasteiger partial charge on any atom is 0.311 e. The number of anilines is 1. The van der Waals surface area contributed by atoms with Gasteiger partial charge in [0.05, 0.1) is 13.5 Å². The van der Waals surface area contributed by atoms with Gasteiger partial charge in [0.1, 0.15) is 5.75 Å². The van der Waals surface area contributed by atoms with Crippen molar-refractivity contribution in [2.45, 2.75) is 18.8 Å². The van der Waals surface area contributed by atoms with Crippen LogP contribution in [0.2, 0.25) is 0 Å². The van der Waals surface area contributed by atoms with Crippen LogP contribution in [0.1, 0.15) is 24.3 Å². The first kappa shape index (κ1) is 16.9. The van der Waals surface area contributed by atoms with Crippen molar-refractivity contribution in [1.82, 2.24) is 20.2 Å². The van der Waals surface area contributed by atoms with E-state index in [-0.39, 0.29) is 30.6 Å². The lowest BCUT2D eigenvalue weighted by Gasteiger charge is -2.23. The minimum Gasteiger partial charge on any atom is -0.426 e. The summed E-state index contributed by atoms with van der Waals surface area (Å²) >= 11 is 0. The zero-order valence-electron chi connectivity index (χ0n) is 14.6. The smallest absolute Gasteiger partial charge is 0.311 e. The number of benzene rings is 2. The molecule has 0 radical (unpaired) electrons. The van der Waals surface area contributed by atoms with Gasteiger partial charge >= 0.3 is 5.97 Å². The summed E-state index contributed by atoms with van der Waals surface area (Å²) in [5.74, 6) is 0.322. The fraction of sp³-hybridized carbons (Fsp3) is 0.211. The number of carbonyl (C=O) groups excluding carboxylic acids is 2. The van der Waals surface area contributed by atoms with Gasteiger partial charge in [-0.25, -0.2) is 0 Å². The number of hydrogen-bond donors (Lipinski definition) is 1. The summed E-state index contributed by atoms with van der Waals surface area (Å²) in [6, 6.07) is 14.6. The number of hydrogen-bond acceptors (Lipinski definition) is 6. The number of aryl methyl sites for hydroxylation is 1. The van der Waals surface area contributed by atoms with Crippen LogP contribution in [-0.4, -0.2) is 32.1 Å². The predicted molar refractivity (Wildman–Crippen MR) is 96.9 cm³/mol. The molecule has 2 aromatic carbocycles. The molecule has 2 heterocycles. The lowest BCUT2D eigenvalue weighted by Crippen LogP contribution is -2.24. The number of ether oxygens (including phenoxy) is 1. The molecule has 1 N–H and O–H groups in total. The Hall–Kier alpha value is -3.55. The Kier molecular flexibility index (Phi) is 4.37. The normalized spacial score (nSPS) is 15.7. The van der Waals surface area contributed by atoms with Gasteiger partial charge in [-0.05, 0) is 29.0 Å². The Morgan fingerprint density at radius 2 is 2.11 bits per heavy atom. The molecule has 8 nitrogen and oxygen atoms in total. The summed E-state index contributed by atoms with van der Waals surface area (Å²) in [4.78, 5) is 25.7. The van der Waals surface area contributed by atoms with Crippen LogP contribution in [0.15, 0.2) is 48.5 Å². The molecule has 4 rings (SSSR count). The van der Waals surface area contributed by atoms with Crippen molar-refractivity contribution in [3.63, 3.8) is 0 Å². The van der Waals surface area contributed by atoms with Crippen molar-refractivity contribution in [3.8, 4) is 17.1 Å². The maximum atomic E-state index is 12.5. The van der Waals surface area contributed by atoms with Crippen LogP contribution in [0.5, 0.6) is 5.75 Å². The molecule has 8 heteroatoms. The average molecular weight is 363 g/mol. The van der Waals surface area contributed by atoms with Crippen molar-refractivity contribution in [2.24, 2.45) is 7.05 Å². The molecule has 1 unspecified atom stereocenters. The highest BCUT2D eigenvalue weighted by Crippen LogP contribution is 2.36. The number of nitrogens with one attached hydrogen (secondary N) is 1. The van der Waals surface area contributed by atoms with Crippen LogP contribution in [0.25, 0.3) is 11.4 Å². The quantitative estimate of drug-likeness (QED) is 0.564. The number of esters is 1. The zero-order valence-corrected chi connectivity index (χ0v) is 14.6. The molecule has 0 bridgehead atoms. The van der Waals surface area contributed by atoms with E-state index >= 15 is 0 Å². The molecular weight excluding hydrogens is 346 g/mol. The van der Waals surface area contributed by atoms with E-state index in [0.717, 1.165) is 11.1 Å². The van der Waals surface area contributed by atoms with Crippen molar-refractivity contribution in [2.75, 3.05) is 5.32 Å². The minimum atomic E-state index is -0.317. The second kappa shape index (κ2) is 6.99. The van der Waals surface area contributed by atoms with E-state index in [1.54, 1.807) is 31.3 Å². The zero-order chi connectivity index (χ0) is 18.8. The summed E-state index contributed by atoms with van der Waals surface area (Å²) in [5, 5.41) is 14.8. The van der Waals surface area contributed by atoms with Crippen LogP contribution in [0.4, 0.5) is 5.69 Å². The molecule has 1 amide bonds. The highest BCUT2D eigenvalue weighted by atomic mass is 16.5. The number of aromatic nitrogens is 4. The third kappa shape index (κ3) is 3.69. The van der Waals surface area contributed by atoms with Gasteiger partial charge in [-0.2, -0.15) is 4.80 Å². The SMILES string of the molecule is Cn1nnc(-c2cccc(NC(=O)CC3CC(=O)Oc4ccccc43)c2)n1. The molecule has 0 aliphatic carbocycles. The molecule has 0 saturated carbocycles. The number of nitrogens with zero attached hydrogens (tertiary/aromatic N) is 4. The number of tetrazole rings is 1. The molecule has 1 aliphatic heterocycles. The molecule has 1 aromatic heterocycles. The minimum absolute atomic E-state index is 0.172. The van der Waals surface area contributed by atoms with Crippen molar-refractivity contribution < 1.29 is 14.3 Å². The lowest BCUT2D eigenvalue weighted by molar-refractivity contribution is -0.136. The summed E-state index contributed by atoms with van der Waals surface area (Å²) in [5.41, 5.74) is 2.27. The summed E-state index contributed by atoms with van der Waals surface area (Å²) in [6.45, 7) is 0. The van der Waals surface area contributed by atoms with E-state index in [1.807, 2.05) is 24.3 Å². The summed E-state index contributed by atoms with van der Waals surface area (Å²) in [6.07, 6.45) is 0.383. The molecule has 1 aliphatic rings. The van der Waals surface area contributed by atoms with Crippen molar-refractivity contribution in [1.29, 1.82) is 0 Å². The maximum absolute atomic E-state index is 12.5. The molecule has 1 atom stereocenters. The van der Waals surface area contributed by atoms with Crippen LogP contribution in [0.3, 0.4) is 0 Å². The lowest BCUT2D eigenvalue weighted by atomic mass is 9.89. The van der Waals surface area contributed by atoms with Crippen LogP contribution in [-0.2, 0) is 16.6 Å². The summed E-state index contributed by atoms with van der Waals surface area (Å²) < 4.78 is 5.24. The average Bonchev–Trinajstić information content (AvgIpc) is 3.08. The third-order valence-electron chi connectivity index (χ3n) is 4.34. The largest absolute Gasteiger partial charge is 0.426 e. The number of carbonyl (C=O) groups is 2. The Labute approximate surface area is 155 Å². The van der Waals surface area contributed by atoms with Gasteiger partial charge < -0.3 is 10.1 Å². The monoisotopic (exact) mass is 363 g/mol. The van der Waals surface area contributed by atoms with Crippen LogP contribution >= 0.6 is 0 Å². The molecule has 0 fully saturated rings. The first-order chi connectivity index (χ1) is 13.1. The topological polar surface area (TPSA) is 99.0 Å². The van der Waals surface area contributed by atoms with Gasteiger partial charge in [-0.15, -0.1) is 10.2 Å². The second-order valence-corrected chi connectivity index (χ2v) is 6.35. The van der Waals surface area contributed by atoms with Gasteiger partial charge in [0, 0.05) is 23.6 Å². The van der Waals surface area contributed by atoms with Crippen molar-refractivity contribution in [3.05, 3.63) is 54.1 Å². The fourth-order valence-electron chi connectivity index (χ4n) is 3.14. The molecule has 3 aromatic rings. The molecular formula is C19H17N5O3. The first-order valence-electron chi connectivity index (χ1n) is 8.52. The van der Waals surface area contributed by atoms with E-state index in [9.17, 15) is 9.59 Å². The van der Waals surface area contributed by atoms with Crippen LogP contribution in [0, 0.1) is 0 Å². The molecule has 136 valence electrons. The van der Waals surface area contributed by atoms with Gasteiger partial charge in [0.15, 0.2) is 0 Å². The standard InChI is InChI=1S/C19H17N5O3/c1-24-22-19(21-23-24)12-5-4-6-14(9-12)20-17(25)10-13-11-18(26)27-16-8-3-2-7-15(13)16/h2-9,13H,10-11H2,1H3,(H,20,25). The van der Waals surface area contributed by atoms with E-state index in [0.29, 0.717) is 17.3 Å². The van der Waals surface area contributed by atoms with Gasteiger partial charge in [0.2, 0.25) is 11.7 Å². The fourth-order valence-corrected chi connectivity index (χ4v) is 3.14. The van der Waals surface area contributed by atoms with Gasteiger partial charge in [-0.3, -0.25) is 9.59 Å². The van der Waals surface area contributed by atoms with Gasteiger partial charge in [0.25, 0.3) is 0 Å². The number of fused-ring (bicyclic) bond motifs is 1. The molecule has 0 spiro atoms. The Morgan fingerprint density at radius 3 is 2.93 bits per heavy atom. The van der Waals surface area contributed by atoms with E-state index in [1.165, 1.54) is 4.80 Å². The summed E-state index contributed by atoms with van der Waals surface area (Å²) in [7, 11) is 1.69. The van der Waals surface area contributed by atoms with Gasteiger partial charge in [-0.1, -0.05) is 30.3 Å². The van der Waals surface area contributed by atoms with E-state index < -0.39 is 0 Å². The highest BCUT2D eigenvalue weighted by Gasteiger charge is 2.28. The Morgan fingerprint density at radius 1 is 1.26 bits per heavy atom. The number of amides is 1. The highest BCUT2D eigenvalue weighted by molar-refractivity contribution is 5.92. The molecule has 0 saturated heterocycles. The van der Waals surface area contributed by atoms with Crippen molar-refractivity contribution >= 4 is 17.6 Å². The number of para-hydroxylation sites is 1. The Bertz CT molecular complexity index is 1010. The third-order valence-corrected chi connectivity index (χ3v) is 4.34. The van der Waals surface area contributed by atoms with Crippen LogP contribution < -0.4 is 10.1 Å². The molecule has 27 heavy (non-hydrogen) atoms. The van der Waals surface area contributed by atoms with E-state index in [2.05, 4.69) is 20.7 Å². The first-order valence-corrected chi connectivity index (χ1v) is 8.52. The van der Waals surface area contributed by atoms with E-state index in [4.69, 9.17) is 4.74 Å². The number of rotatable bonds is 4. The predicted octanol–water partition coefficient (Wildman–Crippen LogP) is 2.30. The Balaban J connectivity index is 1.48.